The van der Waals surface area contributed by atoms with Gasteiger partial charge in [-0.2, -0.15) is 0 Å². The summed E-state index contributed by atoms with van der Waals surface area (Å²) in [6.45, 7) is 4.41. The van der Waals surface area contributed by atoms with E-state index in [1.54, 1.807) is 29.2 Å². The number of sulfone groups is 1. The van der Waals surface area contributed by atoms with Crippen LogP contribution in [-0.2, 0) is 14.6 Å². The first-order chi connectivity index (χ1) is 17.3. The van der Waals surface area contributed by atoms with E-state index in [-0.39, 0.29) is 16.9 Å². The van der Waals surface area contributed by atoms with E-state index in [9.17, 15) is 18.0 Å². The molecule has 0 spiro atoms. The molecule has 7 nitrogen and oxygen atoms in total. The number of carbonyl (C=O) groups excluding carboxylic acids is 2. The number of ether oxygens (including phenoxy) is 1. The molecule has 3 saturated heterocycles. The monoisotopic (exact) mass is 510 g/mol. The van der Waals surface area contributed by atoms with Crippen LogP contribution in [0.4, 0.5) is 0 Å². The molecule has 36 heavy (non-hydrogen) atoms. The summed E-state index contributed by atoms with van der Waals surface area (Å²) in [6, 6.07) is 13.8. The highest BCUT2D eigenvalue weighted by atomic mass is 32.2. The van der Waals surface area contributed by atoms with E-state index in [4.69, 9.17) is 4.74 Å². The highest BCUT2D eigenvalue weighted by molar-refractivity contribution is 7.92. The van der Waals surface area contributed by atoms with Crippen molar-refractivity contribution < 1.29 is 22.7 Å². The Labute approximate surface area is 213 Å². The first kappa shape index (κ1) is 24.8. The number of nitrogens with zero attached hydrogens (tertiary/aromatic N) is 2. The molecule has 2 amide bonds. The SMILES string of the molecule is Cc1ccc(S(=O)(=O)CC(=O)N2CCC(Oc3ccc(C(=O)N4CC5CCC(CC5)C4)cc3)C2)cc1. The molecule has 2 bridgehead atoms. The normalized spacial score (nSPS) is 24.0. The summed E-state index contributed by atoms with van der Waals surface area (Å²) in [6.07, 6.45) is 5.37. The second kappa shape index (κ2) is 10.2. The zero-order valence-electron chi connectivity index (χ0n) is 20.8. The molecule has 192 valence electrons. The van der Waals surface area contributed by atoms with Crippen LogP contribution >= 0.6 is 0 Å². The first-order valence-electron chi connectivity index (χ1n) is 12.9. The standard InChI is InChI=1S/C28H34N2O5S/c1-20-2-12-26(13-3-20)36(33,34)19-27(31)29-15-14-25(18-29)35-24-10-8-23(9-11-24)28(32)30-16-21-4-5-22(17-30)7-6-21/h2-3,8-13,21-22,25H,4-7,14-19H2,1H3. The van der Waals surface area contributed by atoms with E-state index in [0.717, 1.165) is 18.7 Å². The van der Waals surface area contributed by atoms with Gasteiger partial charge in [-0.3, -0.25) is 9.59 Å². The van der Waals surface area contributed by atoms with Gasteiger partial charge in [-0.15, -0.1) is 0 Å². The van der Waals surface area contributed by atoms with Gasteiger partial charge in [-0.05, 0) is 80.8 Å². The number of likely N-dealkylation sites (tertiary alicyclic amines) is 1. The van der Waals surface area contributed by atoms with E-state index >= 15 is 0 Å². The molecule has 1 unspecified atom stereocenters. The summed E-state index contributed by atoms with van der Waals surface area (Å²) in [4.78, 5) is 29.5. The molecule has 4 aliphatic rings. The molecule has 3 heterocycles. The number of rotatable bonds is 6. The summed E-state index contributed by atoms with van der Waals surface area (Å²) in [7, 11) is -3.69. The van der Waals surface area contributed by atoms with Crippen molar-refractivity contribution >= 4 is 21.7 Å². The third kappa shape index (κ3) is 5.59. The zero-order chi connectivity index (χ0) is 25.3. The van der Waals surface area contributed by atoms with Crippen LogP contribution in [0.25, 0.3) is 0 Å². The number of amides is 2. The van der Waals surface area contributed by atoms with Crippen molar-refractivity contribution in [2.45, 2.75) is 50.0 Å². The molecule has 3 aliphatic heterocycles. The van der Waals surface area contributed by atoms with Gasteiger partial charge in [0.05, 0.1) is 11.4 Å². The van der Waals surface area contributed by atoms with Gasteiger partial charge < -0.3 is 14.5 Å². The molecule has 4 fully saturated rings. The van der Waals surface area contributed by atoms with Gasteiger partial charge in [0.2, 0.25) is 5.91 Å². The van der Waals surface area contributed by atoms with E-state index in [1.807, 2.05) is 36.1 Å². The number of aryl methyl sites for hydroxylation is 1. The van der Waals surface area contributed by atoms with E-state index in [2.05, 4.69) is 0 Å². The predicted octanol–water partition coefficient (Wildman–Crippen LogP) is 3.71. The minimum Gasteiger partial charge on any atom is -0.489 e. The highest BCUT2D eigenvalue weighted by Gasteiger charge is 2.33. The largest absolute Gasteiger partial charge is 0.489 e. The molecule has 2 aromatic carbocycles. The van der Waals surface area contributed by atoms with Crippen LogP contribution < -0.4 is 4.74 Å². The summed E-state index contributed by atoms with van der Waals surface area (Å²) < 4.78 is 31.3. The molecule has 1 aliphatic carbocycles. The molecule has 1 saturated carbocycles. The van der Waals surface area contributed by atoms with Crippen molar-refractivity contribution in [2.75, 3.05) is 31.9 Å². The second-order valence-corrected chi connectivity index (χ2v) is 12.6. The minimum absolute atomic E-state index is 0.0905. The summed E-state index contributed by atoms with van der Waals surface area (Å²) in [5.74, 6) is 1.05. The summed E-state index contributed by atoms with van der Waals surface area (Å²) in [5, 5.41) is 0. The fraction of sp³-hybridized carbons (Fsp3) is 0.500. The van der Waals surface area contributed by atoms with Crippen LogP contribution in [-0.4, -0.2) is 68.1 Å². The van der Waals surface area contributed by atoms with Crippen LogP contribution in [0.3, 0.4) is 0 Å². The van der Waals surface area contributed by atoms with Crippen LogP contribution in [0.5, 0.6) is 5.75 Å². The quantitative estimate of drug-likeness (QED) is 0.592. The third-order valence-corrected chi connectivity index (χ3v) is 9.42. The topological polar surface area (TPSA) is 84.0 Å². The Hall–Kier alpha value is -2.87. The maximum absolute atomic E-state index is 13.1. The molecule has 0 aromatic heterocycles. The lowest BCUT2D eigenvalue weighted by Crippen LogP contribution is -2.35. The van der Waals surface area contributed by atoms with Gasteiger partial charge in [-0.25, -0.2) is 8.42 Å². The Bertz CT molecular complexity index is 1190. The lowest BCUT2D eigenvalue weighted by Gasteiger charge is -2.23. The number of hydrogen-bond acceptors (Lipinski definition) is 5. The number of benzene rings is 2. The van der Waals surface area contributed by atoms with Crippen LogP contribution in [0.1, 0.15) is 48.0 Å². The van der Waals surface area contributed by atoms with Gasteiger partial charge in [-0.1, -0.05) is 17.7 Å². The van der Waals surface area contributed by atoms with Crippen LogP contribution in [0.15, 0.2) is 53.4 Å². The van der Waals surface area contributed by atoms with Gasteiger partial charge in [0.1, 0.15) is 17.6 Å². The van der Waals surface area contributed by atoms with Crippen molar-refractivity contribution in [1.29, 1.82) is 0 Å². The lowest BCUT2D eigenvalue weighted by atomic mass is 9.84. The Balaban J connectivity index is 1.14. The molecule has 1 atom stereocenters. The Kier molecular flexibility index (Phi) is 7.06. The summed E-state index contributed by atoms with van der Waals surface area (Å²) >= 11 is 0. The number of carbonyl (C=O) groups is 2. The maximum atomic E-state index is 13.1. The predicted molar refractivity (Wildman–Crippen MR) is 137 cm³/mol. The van der Waals surface area contributed by atoms with Crippen molar-refractivity contribution in [2.24, 2.45) is 11.8 Å². The van der Waals surface area contributed by atoms with Gasteiger partial charge >= 0.3 is 0 Å². The smallest absolute Gasteiger partial charge is 0.253 e. The Morgan fingerprint density at radius 3 is 2.06 bits per heavy atom. The summed E-state index contributed by atoms with van der Waals surface area (Å²) in [5.41, 5.74) is 1.64. The van der Waals surface area contributed by atoms with E-state index < -0.39 is 21.5 Å². The van der Waals surface area contributed by atoms with Crippen molar-refractivity contribution in [3.63, 3.8) is 0 Å². The van der Waals surface area contributed by atoms with Crippen LogP contribution in [0.2, 0.25) is 0 Å². The average Bonchev–Trinajstić information content (AvgIpc) is 3.12. The fourth-order valence-corrected chi connectivity index (χ4v) is 6.87. The molecule has 6 rings (SSSR count). The number of fused-ring (bicyclic) bond motifs is 4. The number of hydrogen-bond donors (Lipinski definition) is 0. The third-order valence-electron chi connectivity index (χ3n) is 7.81. The first-order valence-corrected chi connectivity index (χ1v) is 14.6. The molecular formula is C28H34N2O5S. The Morgan fingerprint density at radius 2 is 1.44 bits per heavy atom. The van der Waals surface area contributed by atoms with Crippen molar-refractivity contribution in [3.05, 3.63) is 59.7 Å². The van der Waals surface area contributed by atoms with Crippen LogP contribution in [0, 0.1) is 18.8 Å². The molecule has 0 N–H and O–H groups in total. The molecular weight excluding hydrogens is 476 g/mol. The highest BCUT2D eigenvalue weighted by Crippen LogP contribution is 2.34. The zero-order valence-corrected chi connectivity index (χ0v) is 21.6. The second-order valence-electron chi connectivity index (χ2n) is 10.6. The van der Waals surface area contributed by atoms with Crippen molar-refractivity contribution in [1.82, 2.24) is 9.80 Å². The Morgan fingerprint density at radius 1 is 0.833 bits per heavy atom. The maximum Gasteiger partial charge on any atom is 0.253 e. The van der Waals surface area contributed by atoms with Crippen molar-refractivity contribution in [3.8, 4) is 5.75 Å². The van der Waals surface area contributed by atoms with E-state index in [1.165, 1.54) is 25.7 Å². The van der Waals surface area contributed by atoms with Gasteiger partial charge in [0.15, 0.2) is 9.84 Å². The molecule has 2 aromatic rings. The average molecular weight is 511 g/mol. The van der Waals surface area contributed by atoms with Gasteiger partial charge in [0, 0.05) is 31.6 Å². The minimum atomic E-state index is -3.69. The molecule has 0 radical (unpaired) electrons. The fourth-order valence-electron chi connectivity index (χ4n) is 5.65. The molecule has 8 heteroatoms. The van der Waals surface area contributed by atoms with E-state index in [0.29, 0.717) is 42.7 Å². The van der Waals surface area contributed by atoms with Gasteiger partial charge in [0.25, 0.3) is 5.91 Å². The lowest BCUT2D eigenvalue weighted by molar-refractivity contribution is -0.127.